The van der Waals surface area contributed by atoms with Gasteiger partial charge in [-0.05, 0) is 24.5 Å². The van der Waals surface area contributed by atoms with Crippen molar-refractivity contribution in [3.8, 4) is 0 Å². The Hall–Kier alpha value is -2.67. The van der Waals surface area contributed by atoms with Crippen molar-refractivity contribution in [3.05, 3.63) is 48.2 Å². The van der Waals surface area contributed by atoms with Crippen molar-refractivity contribution in [3.63, 3.8) is 0 Å². The number of aromatic amines is 1. The minimum Gasteiger partial charge on any atom is -0.388 e. The highest BCUT2D eigenvalue weighted by molar-refractivity contribution is 5.88. The molecule has 0 radical (unpaired) electrons. The number of carbonyl (C=O) groups is 1. The average Bonchev–Trinajstić information content (AvgIpc) is 3.21. The number of nitrogens with zero attached hydrogens (tertiary/aromatic N) is 4. The normalized spacial score (nSPS) is 20.6. The van der Waals surface area contributed by atoms with Gasteiger partial charge in [-0.2, -0.15) is 0 Å². The van der Waals surface area contributed by atoms with Gasteiger partial charge in [0.1, 0.15) is 12.2 Å². The number of β-amino-alcohol motifs (C(OH)–C–C–N with tert-alkyl or cyclic N) is 1. The van der Waals surface area contributed by atoms with Crippen LogP contribution in [-0.2, 0) is 24.7 Å². The first-order valence-corrected chi connectivity index (χ1v) is 8.92. The molecule has 1 saturated heterocycles. The van der Waals surface area contributed by atoms with E-state index >= 15 is 0 Å². The van der Waals surface area contributed by atoms with Crippen LogP contribution in [-0.4, -0.2) is 54.4 Å². The first-order chi connectivity index (χ1) is 12.5. The number of carbonyl (C=O) groups excluding carboxylic acids is 1. The number of likely N-dealkylation sites (tertiary alicyclic amines) is 1. The maximum absolute atomic E-state index is 12.8. The van der Waals surface area contributed by atoms with Crippen molar-refractivity contribution < 1.29 is 9.90 Å². The molecule has 1 aliphatic heterocycles. The van der Waals surface area contributed by atoms with Gasteiger partial charge in [-0.1, -0.05) is 18.2 Å². The molecule has 4 rings (SSSR count). The largest absolute Gasteiger partial charge is 0.388 e. The average molecular weight is 353 g/mol. The molecule has 2 N–H and O–H groups in total. The lowest BCUT2D eigenvalue weighted by Crippen LogP contribution is -2.52. The van der Waals surface area contributed by atoms with E-state index in [1.807, 2.05) is 42.1 Å². The van der Waals surface area contributed by atoms with Crippen LogP contribution in [0.15, 0.2) is 36.8 Å². The second kappa shape index (κ2) is 6.57. The van der Waals surface area contributed by atoms with Gasteiger partial charge in [0.2, 0.25) is 5.91 Å². The lowest BCUT2D eigenvalue weighted by atomic mass is 9.89. The Bertz CT molecular complexity index is 931. The third-order valence-corrected chi connectivity index (χ3v) is 5.22. The van der Waals surface area contributed by atoms with E-state index < -0.39 is 5.60 Å². The minimum atomic E-state index is -0.949. The van der Waals surface area contributed by atoms with E-state index in [0.717, 1.165) is 28.7 Å². The van der Waals surface area contributed by atoms with Gasteiger partial charge in [0.15, 0.2) is 0 Å². The summed E-state index contributed by atoms with van der Waals surface area (Å²) in [5.41, 5.74) is 1.08. The Morgan fingerprint density at radius 2 is 2.23 bits per heavy atom. The molecule has 26 heavy (non-hydrogen) atoms. The Morgan fingerprint density at radius 1 is 1.38 bits per heavy atom. The third-order valence-electron chi connectivity index (χ3n) is 5.22. The standard InChI is InChI=1S/C19H23N5O2/c1-23-13-21-22-17(23)10-19(26)7-4-8-24(12-19)18(25)9-14-11-20-16-6-3-2-5-15(14)16/h2-3,5-6,11,13,20,26H,4,7-10,12H2,1H3. The number of fused-ring (bicyclic) bond motifs is 1. The van der Waals surface area contributed by atoms with Crippen molar-refractivity contribution in [2.24, 2.45) is 7.05 Å². The Balaban J connectivity index is 1.47. The number of hydrogen-bond donors (Lipinski definition) is 2. The smallest absolute Gasteiger partial charge is 0.227 e. The highest BCUT2D eigenvalue weighted by atomic mass is 16.3. The van der Waals surface area contributed by atoms with Crippen LogP contribution in [0.4, 0.5) is 0 Å². The first-order valence-electron chi connectivity index (χ1n) is 8.92. The number of aliphatic hydroxyl groups is 1. The molecule has 1 aromatic carbocycles. The predicted octanol–water partition coefficient (Wildman–Crippen LogP) is 1.44. The molecule has 0 aliphatic carbocycles. The molecule has 136 valence electrons. The molecule has 7 nitrogen and oxygen atoms in total. The van der Waals surface area contributed by atoms with E-state index in [1.54, 1.807) is 11.2 Å². The summed E-state index contributed by atoms with van der Waals surface area (Å²) < 4.78 is 1.81. The van der Waals surface area contributed by atoms with Crippen molar-refractivity contribution >= 4 is 16.8 Å². The Labute approximate surface area is 151 Å². The van der Waals surface area contributed by atoms with Crippen LogP contribution in [0.2, 0.25) is 0 Å². The minimum absolute atomic E-state index is 0.0471. The molecule has 0 bridgehead atoms. The molecule has 0 spiro atoms. The van der Waals surface area contributed by atoms with Crippen LogP contribution in [0, 0.1) is 0 Å². The number of amides is 1. The van der Waals surface area contributed by atoms with Crippen molar-refractivity contribution in [2.45, 2.75) is 31.3 Å². The van der Waals surface area contributed by atoms with Gasteiger partial charge in [-0.25, -0.2) is 0 Å². The van der Waals surface area contributed by atoms with Crippen molar-refractivity contribution in [1.29, 1.82) is 0 Å². The van der Waals surface area contributed by atoms with Crippen LogP contribution < -0.4 is 0 Å². The molecular weight excluding hydrogens is 330 g/mol. The highest BCUT2D eigenvalue weighted by Crippen LogP contribution is 2.26. The Kier molecular flexibility index (Phi) is 4.24. The van der Waals surface area contributed by atoms with E-state index in [9.17, 15) is 9.90 Å². The fourth-order valence-corrected chi connectivity index (χ4v) is 3.78. The van der Waals surface area contributed by atoms with Gasteiger partial charge in [0.05, 0.1) is 12.0 Å². The summed E-state index contributed by atoms with van der Waals surface area (Å²) in [5, 5.41) is 20.0. The lowest BCUT2D eigenvalue weighted by molar-refractivity contribution is -0.137. The molecule has 0 saturated carbocycles. The third kappa shape index (κ3) is 3.22. The van der Waals surface area contributed by atoms with Crippen LogP contribution >= 0.6 is 0 Å². The molecule has 7 heteroatoms. The van der Waals surface area contributed by atoms with E-state index in [0.29, 0.717) is 32.4 Å². The summed E-state index contributed by atoms with van der Waals surface area (Å²) in [6.45, 7) is 1.02. The molecular formula is C19H23N5O2. The van der Waals surface area contributed by atoms with Crippen LogP contribution in [0.3, 0.4) is 0 Å². The molecule has 1 unspecified atom stereocenters. The van der Waals surface area contributed by atoms with E-state index in [1.165, 1.54) is 0 Å². The molecule has 3 aromatic rings. The maximum Gasteiger partial charge on any atom is 0.227 e. The van der Waals surface area contributed by atoms with Crippen LogP contribution in [0.25, 0.3) is 10.9 Å². The molecule has 1 amide bonds. The summed E-state index contributed by atoms with van der Waals surface area (Å²) in [5.74, 6) is 0.782. The van der Waals surface area contributed by atoms with Crippen molar-refractivity contribution in [1.82, 2.24) is 24.6 Å². The molecule has 1 atom stereocenters. The first kappa shape index (κ1) is 16.8. The molecule has 3 heterocycles. The molecule has 1 fully saturated rings. The second-order valence-corrected chi connectivity index (χ2v) is 7.21. The number of hydrogen-bond acceptors (Lipinski definition) is 4. The number of benzene rings is 1. The fraction of sp³-hybridized carbons (Fsp3) is 0.421. The SMILES string of the molecule is Cn1cnnc1CC1(O)CCCN(C(=O)Cc2c[nH]c3ccccc23)C1. The zero-order valence-electron chi connectivity index (χ0n) is 14.9. The van der Waals surface area contributed by atoms with Gasteiger partial charge in [0, 0.05) is 43.7 Å². The van der Waals surface area contributed by atoms with Gasteiger partial charge < -0.3 is 19.6 Å². The van der Waals surface area contributed by atoms with Gasteiger partial charge in [-0.15, -0.1) is 10.2 Å². The number of H-pyrrole nitrogens is 1. The number of para-hydroxylation sites is 1. The zero-order valence-corrected chi connectivity index (χ0v) is 14.9. The summed E-state index contributed by atoms with van der Waals surface area (Å²) >= 11 is 0. The molecule has 2 aromatic heterocycles. The van der Waals surface area contributed by atoms with Crippen LogP contribution in [0.5, 0.6) is 0 Å². The second-order valence-electron chi connectivity index (χ2n) is 7.21. The number of rotatable bonds is 4. The summed E-state index contributed by atoms with van der Waals surface area (Å²) in [4.78, 5) is 17.8. The monoisotopic (exact) mass is 353 g/mol. The number of aryl methyl sites for hydroxylation is 1. The lowest BCUT2D eigenvalue weighted by Gasteiger charge is -2.39. The van der Waals surface area contributed by atoms with Gasteiger partial charge in [-0.3, -0.25) is 4.79 Å². The quantitative estimate of drug-likeness (QED) is 0.743. The summed E-state index contributed by atoms with van der Waals surface area (Å²) in [7, 11) is 1.86. The van der Waals surface area contributed by atoms with Gasteiger partial charge in [0.25, 0.3) is 0 Å². The summed E-state index contributed by atoms with van der Waals surface area (Å²) in [6.07, 6.45) is 5.72. The van der Waals surface area contributed by atoms with Gasteiger partial charge >= 0.3 is 0 Å². The molecule has 1 aliphatic rings. The predicted molar refractivity (Wildman–Crippen MR) is 97.5 cm³/mol. The number of aromatic nitrogens is 4. The highest BCUT2D eigenvalue weighted by Gasteiger charge is 2.36. The van der Waals surface area contributed by atoms with Crippen LogP contribution in [0.1, 0.15) is 24.2 Å². The number of nitrogens with one attached hydrogen (secondary N) is 1. The van der Waals surface area contributed by atoms with Crippen molar-refractivity contribution in [2.75, 3.05) is 13.1 Å². The Morgan fingerprint density at radius 3 is 3.04 bits per heavy atom. The summed E-state index contributed by atoms with van der Waals surface area (Å²) in [6, 6.07) is 7.98. The van der Waals surface area contributed by atoms with E-state index in [-0.39, 0.29) is 5.91 Å². The topological polar surface area (TPSA) is 87.0 Å². The zero-order chi connectivity index (χ0) is 18.1. The number of piperidine rings is 1. The maximum atomic E-state index is 12.8. The fourth-order valence-electron chi connectivity index (χ4n) is 3.78. The van der Waals surface area contributed by atoms with E-state index in [2.05, 4.69) is 15.2 Å². The van der Waals surface area contributed by atoms with E-state index in [4.69, 9.17) is 0 Å².